The van der Waals surface area contributed by atoms with Crippen LogP contribution < -0.4 is 10.6 Å². The Morgan fingerprint density at radius 1 is 0.889 bits per heavy atom. The summed E-state index contributed by atoms with van der Waals surface area (Å²) < 4.78 is 0. The van der Waals surface area contributed by atoms with Gasteiger partial charge in [-0.3, -0.25) is 0 Å². The van der Waals surface area contributed by atoms with Gasteiger partial charge in [-0.1, -0.05) is 13.8 Å². The van der Waals surface area contributed by atoms with Crippen molar-refractivity contribution in [3.63, 3.8) is 0 Å². The van der Waals surface area contributed by atoms with Crippen LogP contribution in [0.25, 0.3) is 0 Å². The molecule has 9 heavy (non-hydrogen) atoms. The Labute approximate surface area is 58.0 Å². The zero-order valence-corrected chi connectivity index (χ0v) is 6.54. The van der Waals surface area contributed by atoms with Gasteiger partial charge < -0.3 is 10.6 Å². The molecule has 0 bridgehead atoms. The Kier molecular flexibility index (Phi) is 7.85. The maximum Gasteiger partial charge on any atom is 0.0454 e. The molecule has 0 spiro atoms. The lowest BCUT2D eigenvalue weighted by Crippen LogP contribution is -2.29. The van der Waals surface area contributed by atoms with Crippen molar-refractivity contribution in [1.82, 2.24) is 10.6 Å². The SMILES string of the molecule is CCCNCNCCC. The van der Waals surface area contributed by atoms with Gasteiger partial charge in [0.15, 0.2) is 0 Å². The van der Waals surface area contributed by atoms with Crippen molar-refractivity contribution in [2.24, 2.45) is 0 Å². The molecular formula is C7H18N2. The fraction of sp³-hybridized carbons (Fsp3) is 1.00. The summed E-state index contributed by atoms with van der Waals surface area (Å²) in [4.78, 5) is 0. The van der Waals surface area contributed by atoms with E-state index in [1.165, 1.54) is 12.8 Å². The van der Waals surface area contributed by atoms with Crippen LogP contribution in [0.5, 0.6) is 0 Å². The number of hydrogen-bond donors (Lipinski definition) is 2. The van der Waals surface area contributed by atoms with Crippen LogP contribution >= 0.6 is 0 Å². The van der Waals surface area contributed by atoms with Gasteiger partial charge in [-0.05, 0) is 25.9 Å². The Balaban J connectivity index is 2.60. The fourth-order valence-electron chi connectivity index (χ4n) is 0.619. The topological polar surface area (TPSA) is 24.1 Å². The molecule has 0 amide bonds. The maximum absolute atomic E-state index is 3.26. The average molecular weight is 130 g/mol. The summed E-state index contributed by atoms with van der Waals surface area (Å²) in [5.74, 6) is 0. The van der Waals surface area contributed by atoms with Crippen molar-refractivity contribution < 1.29 is 0 Å². The molecule has 0 aromatic rings. The highest BCUT2D eigenvalue weighted by Crippen LogP contribution is 1.69. The summed E-state index contributed by atoms with van der Waals surface area (Å²) in [6.45, 7) is 7.55. The highest BCUT2D eigenvalue weighted by atomic mass is 15.0. The Hall–Kier alpha value is -0.0800. The number of hydrogen-bond acceptors (Lipinski definition) is 2. The smallest absolute Gasteiger partial charge is 0.0454 e. The van der Waals surface area contributed by atoms with Gasteiger partial charge >= 0.3 is 0 Å². The highest BCUT2D eigenvalue weighted by molar-refractivity contribution is 4.43. The normalized spacial score (nSPS) is 10.0. The molecule has 2 nitrogen and oxygen atoms in total. The van der Waals surface area contributed by atoms with Crippen LogP contribution in [0.15, 0.2) is 0 Å². The molecule has 56 valence electrons. The third-order valence-corrected chi connectivity index (χ3v) is 1.10. The van der Waals surface area contributed by atoms with Crippen molar-refractivity contribution in [3.8, 4) is 0 Å². The lowest BCUT2D eigenvalue weighted by atomic mass is 10.5. The van der Waals surface area contributed by atoms with Crippen LogP contribution in [0.4, 0.5) is 0 Å². The van der Waals surface area contributed by atoms with Crippen LogP contribution in [-0.4, -0.2) is 19.8 Å². The minimum atomic E-state index is 0.960. The van der Waals surface area contributed by atoms with Crippen molar-refractivity contribution in [3.05, 3.63) is 0 Å². The second-order valence-corrected chi connectivity index (χ2v) is 2.18. The molecule has 0 unspecified atom stereocenters. The van der Waals surface area contributed by atoms with Crippen LogP contribution in [0.1, 0.15) is 26.7 Å². The lowest BCUT2D eigenvalue weighted by molar-refractivity contribution is 0.575. The minimum absolute atomic E-state index is 0.960. The zero-order valence-electron chi connectivity index (χ0n) is 6.54. The summed E-state index contributed by atoms with van der Waals surface area (Å²) in [6.07, 6.45) is 2.43. The first-order valence-corrected chi connectivity index (χ1v) is 3.83. The van der Waals surface area contributed by atoms with Gasteiger partial charge in [-0.2, -0.15) is 0 Å². The lowest BCUT2D eigenvalue weighted by Gasteiger charge is -2.02. The minimum Gasteiger partial charge on any atom is -0.305 e. The standard InChI is InChI=1S/C7H18N2/c1-3-5-8-7-9-6-4-2/h8-9H,3-7H2,1-2H3. The van der Waals surface area contributed by atoms with Gasteiger partial charge in [-0.15, -0.1) is 0 Å². The molecular weight excluding hydrogens is 112 g/mol. The number of rotatable bonds is 6. The van der Waals surface area contributed by atoms with Crippen LogP contribution in [0.2, 0.25) is 0 Å². The summed E-state index contributed by atoms with van der Waals surface area (Å²) in [5.41, 5.74) is 0. The van der Waals surface area contributed by atoms with E-state index in [0.717, 1.165) is 19.8 Å². The Morgan fingerprint density at radius 3 is 1.67 bits per heavy atom. The predicted octanol–water partition coefficient (Wildman–Crippen LogP) is 0.943. The van der Waals surface area contributed by atoms with Crippen molar-refractivity contribution in [2.45, 2.75) is 26.7 Å². The molecule has 2 N–H and O–H groups in total. The van der Waals surface area contributed by atoms with E-state index < -0.39 is 0 Å². The molecule has 0 radical (unpaired) electrons. The van der Waals surface area contributed by atoms with Gasteiger partial charge in [0.05, 0.1) is 0 Å². The largest absolute Gasteiger partial charge is 0.305 e. The second kappa shape index (κ2) is 7.92. The summed E-state index contributed by atoms with van der Waals surface area (Å²) >= 11 is 0. The molecule has 0 aliphatic rings. The second-order valence-electron chi connectivity index (χ2n) is 2.18. The van der Waals surface area contributed by atoms with E-state index in [0.29, 0.717) is 0 Å². The fourth-order valence-corrected chi connectivity index (χ4v) is 0.619. The van der Waals surface area contributed by atoms with E-state index in [-0.39, 0.29) is 0 Å². The van der Waals surface area contributed by atoms with Crippen LogP contribution in [0.3, 0.4) is 0 Å². The molecule has 0 aliphatic carbocycles. The molecule has 0 saturated heterocycles. The van der Waals surface area contributed by atoms with Gasteiger partial charge in [0.2, 0.25) is 0 Å². The third-order valence-electron chi connectivity index (χ3n) is 1.10. The Bertz CT molecular complexity index is 40.2. The quantitative estimate of drug-likeness (QED) is 0.413. The van der Waals surface area contributed by atoms with Crippen molar-refractivity contribution in [1.29, 1.82) is 0 Å². The molecule has 2 heteroatoms. The van der Waals surface area contributed by atoms with Crippen LogP contribution in [0, 0.1) is 0 Å². The molecule has 0 heterocycles. The van der Waals surface area contributed by atoms with E-state index in [2.05, 4.69) is 24.5 Å². The predicted molar refractivity (Wildman–Crippen MR) is 41.5 cm³/mol. The summed E-state index contributed by atoms with van der Waals surface area (Å²) in [5, 5.41) is 6.52. The monoisotopic (exact) mass is 130 g/mol. The highest BCUT2D eigenvalue weighted by Gasteiger charge is 1.80. The number of nitrogens with one attached hydrogen (secondary N) is 2. The van der Waals surface area contributed by atoms with E-state index >= 15 is 0 Å². The van der Waals surface area contributed by atoms with Crippen molar-refractivity contribution >= 4 is 0 Å². The molecule has 0 saturated carbocycles. The van der Waals surface area contributed by atoms with Gasteiger partial charge in [0.25, 0.3) is 0 Å². The van der Waals surface area contributed by atoms with Crippen LogP contribution in [-0.2, 0) is 0 Å². The summed E-state index contributed by atoms with van der Waals surface area (Å²) in [6, 6.07) is 0. The van der Waals surface area contributed by atoms with E-state index in [1.807, 2.05) is 0 Å². The molecule has 0 aromatic carbocycles. The van der Waals surface area contributed by atoms with E-state index in [4.69, 9.17) is 0 Å². The third kappa shape index (κ3) is 7.92. The Morgan fingerprint density at radius 2 is 1.33 bits per heavy atom. The van der Waals surface area contributed by atoms with E-state index in [1.54, 1.807) is 0 Å². The summed E-state index contributed by atoms with van der Waals surface area (Å²) in [7, 11) is 0. The first kappa shape index (κ1) is 8.92. The molecule has 0 aliphatic heterocycles. The zero-order chi connectivity index (χ0) is 6.95. The first-order chi connectivity index (χ1) is 4.41. The maximum atomic E-state index is 3.26. The average Bonchev–Trinajstić information content (AvgIpc) is 1.89. The molecule has 0 fully saturated rings. The van der Waals surface area contributed by atoms with Crippen molar-refractivity contribution in [2.75, 3.05) is 19.8 Å². The molecule has 0 atom stereocenters. The van der Waals surface area contributed by atoms with Gasteiger partial charge in [-0.25, -0.2) is 0 Å². The van der Waals surface area contributed by atoms with E-state index in [9.17, 15) is 0 Å². The molecule has 0 aromatic heterocycles. The van der Waals surface area contributed by atoms with Gasteiger partial charge in [0.1, 0.15) is 0 Å². The molecule has 0 rings (SSSR count). The van der Waals surface area contributed by atoms with Gasteiger partial charge in [0, 0.05) is 6.67 Å². The first-order valence-electron chi connectivity index (χ1n) is 3.83.